The van der Waals surface area contributed by atoms with Crippen LogP contribution in [0.25, 0.3) is 0 Å². The van der Waals surface area contributed by atoms with Crippen LogP contribution < -0.4 is 9.47 Å². The van der Waals surface area contributed by atoms with Crippen LogP contribution in [0.1, 0.15) is 10.9 Å². The van der Waals surface area contributed by atoms with Gasteiger partial charge in [0.25, 0.3) is 0 Å². The van der Waals surface area contributed by atoms with Gasteiger partial charge in [0, 0.05) is 4.47 Å². The molecule has 0 saturated heterocycles. The molecule has 1 unspecified atom stereocenters. The van der Waals surface area contributed by atoms with Crippen LogP contribution in [0, 0.1) is 0 Å². The highest BCUT2D eigenvalue weighted by atomic mass is 79.9. The summed E-state index contributed by atoms with van der Waals surface area (Å²) in [6, 6.07) is 2.56. The number of fused-ring (bicyclic) bond motifs is 1. The first-order valence-electron chi connectivity index (χ1n) is 5.23. The van der Waals surface area contributed by atoms with E-state index in [2.05, 4.69) is 15.9 Å². The van der Waals surface area contributed by atoms with Crippen LogP contribution in [0.3, 0.4) is 0 Å². The molecular weight excluding hydrogens is 355 g/mol. The first-order chi connectivity index (χ1) is 8.84. The second kappa shape index (κ2) is 5.36. The van der Waals surface area contributed by atoms with Crippen LogP contribution >= 0.6 is 27.5 Å². The van der Waals surface area contributed by atoms with Gasteiger partial charge in [-0.25, -0.2) is 8.78 Å². The van der Waals surface area contributed by atoms with Crippen molar-refractivity contribution in [3.8, 4) is 11.5 Å². The number of hydrogen-bond donors (Lipinski definition) is 0. The molecule has 19 heavy (non-hydrogen) atoms. The molecule has 0 fully saturated rings. The van der Waals surface area contributed by atoms with Crippen molar-refractivity contribution in [1.82, 2.24) is 0 Å². The van der Waals surface area contributed by atoms with Crippen molar-refractivity contribution in [1.29, 1.82) is 0 Å². The van der Waals surface area contributed by atoms with Gasteiger partial charge in [-0.05, 0) is 17.7 Å². The Kier molecular flexibility index (Phi) is 4.15. The highest BCUT2D eigenvalue weighted by molar-refractivity contribution is 9.10. The third-order valence-corrected chi connectivity index (χ3v) is 3.78. The van der Waals surface area contributed by atoms with Crippen molar-refractivity contribution in [2.24, 2.45) is 0 Å². The van der Waals surface area contributed by atoms with E-state index in [-0.39, 0.29) is 22.4 Å². The predicted octanol–water partition coefficient (Wildman–Crippen LogP) is 4.40. The Hall–Kier alpha value is -0.690. The number of alkyl halides is 5. The molecule has 0 spiro atoms. The Morgan fingerprint density at radius 3 is 2.21 bits per heavy atom. The summed E-state index contributed by atoms with van der Waals surface area (Å²) >= 11 is 8.50. The molecule has 0 N–H and O–H groups in total. The van der Waals surface area contributed by atoms with E-state index in [1.807, 2.05) is 0 Å². The summed E-state index contributed by atoms with van der Waals surface area (Å²) in [5, 5.41) is -2.17. The van der Waals surface area contributed by atoms with E-state index in [0.29, 0.717) is 12.4 Å². The van der Waals surface area contributed by atoms with Crippen LogP contribution in [0.4, 0.5) is 17.6 Å². The van der Waals surface area contributed by atoms with Gasteiger partial charge >= 0.3 is 12.3 Å². The lowest BCUT2D eigenvalue weighted by Crippen LogP contribution is -2.31. The molecule has 0 bridgehead atoms. The summed E-state index contributed by atoms with van der Waals surface area (Å²) in [7, 11) is 0. The fraction of sp³-hybridized carbons (Fsp3) is 0.455. The Labute approximate surface area is 119 Å². The van der Waals surface area contributed by atoms with Crippen molar-refractivity contribution < 1.29 is 27.0 Å². The molecule has 8 heteroatoms. The molecule has 1 aliphatic heterocycles. The van der Waals surface area contributed by atoms with E-state index in [4.69, 9.17) is 21.1 Å². The number of hydrogen-bond acceptors (Lipinski definition) is 2. The van der Waals surface area contributed by atoms with Crippen LogP contribution in [-0.2, 0) is 0 Å². The van der Waals surface area contributed by atoms with Crippen LogP contribution in [0.2, 0.25) is 0 Å². The summed E-state index contributed by atoms with van der Waals surface area (Å²) in [5.74, 6) is -3.78. The van der Waals surface area contributed by atoms with Gasteiger partial charge in [0.15, 0.2) is 11.5 Å². The van der Waals surface area contributed by atoms with Gasteiger partial charge in [0.05, 0.1) is 0 Å². The zero-order valence-electron chi connectivity index (χ0n) is 9.31. The Morgan fingerprint density at radius 1 is 1.16 bits per heavy atom. The smallest absolute Gasteiger partial charge is 0.327 e. The summed E-state index contributed by atoms with van der Waals surface area (Å²) in [6.45, 7) is 0.586. The van der Waals surface area contributed by atoms with Gasteiger partial charge in [0.1, 0.15) is 18.6 Å². The lowest BCUT2D eigenvalue weighted by atomic mass is 10.1. The summed E-state index contributed by atoms with van der Waals surface area (Å²) in [6.07, 6.45) is -3.85. The third-order valence-electron chi connectivity index (χ3n) is 2.56. The average molecular weight is 364 g/mol. The van der Waals surface area contributed by atoms with Gasteiger partial charge < -0.3 is 9.47 Å². The predicted molar refractivity (Wildman–Crippen MR) is 64.7 cm³/mol. The molecule has 106 valence electrons. The zero-order valence-corrected chi connectivity index (χ0v) is 11.6. The lowest BCUT2D eigenvalue weighted by molar-refractivity contribution is -0.130. The molecule has 1 aromatic carbocycles. The molecule has 0 saturated carbocycles. The Morgan fingerprint density at radius 2 is 1.68 bits per heavy atom. The maximum Gasteiger partial charge on any atom is 0.327 e. The summed E-state index contributed by atoms with van der Waals surface area (Å²) in [4.78, 5) is 0. The number of ether oxygens (including phenoxy) is 2. The molecule has 2 rings (SSSR count). The third kappa shape index (κ3) is 2.76. The molecule has 1 heterocycles. The molecule has 1 aromatic rings. The van der Waals surface area contributed by atoms with Crippen LogP contribution in [-0.4, -0.2) is 25.6 Å². The topological polar surface area (TPSA) is 18.5 Å². The fourth-order valence-corrected chi connectivity index (χ4v) is 2.55. The van der Waals surface area contributed by atoms with E-state index in [9.17, 15) is 17.6 Å². The van der Waals surface area contributed by atoms with E-state index < -0.39 is 17.7 Å². The van der Waals surface area contributed by atoms with E-state index in [1.54, 1.807) is 0 Å². The number of rotatable bonds is 3. The van der Waals surface area contributed by atoms with Crippen molar-refractivity contribution >= 4 is 27.5 Å². The van der Waals surface area contributed by atoms with Gasteiger partial charge in [-0.3, -0.25) is 0 Å². The largest absolute Gasteiger partial charge is 0.486 e. The fourth-order valence-electron chi connectivity index (χ4n) is 1.59. The number of benzene rings is 1. The quantitative estimate of drug-likeness (QED) is 0.585. The van der Waals surface area contributed by atoms with Gasteiger partial charge in [0.2, 0.25) is 0 Å². The lowest BCUT2D eigenvalue weighted by Gasteiger charge is -2.25. The molecule has 0 amide bonds. The van der Waals surface area contributed by atoms with Gasteiger partial charge in [-0.2, -0.15) is 8.78 Å². The Balaban J connectivity index is 2.40. The molecule has 1 atom stereocenters. The molecule has 0 radical (unpaired) electrons. The summed E-state index contributed by atoms with van der Waals surface area (Å²) < 4.78 is 61.8. The standard InChI is InChI=1S/C11H8BrClF4O2/c12-6-4-8-7(18-1-2-19-8)3-5(6)9(13)11(16,17)10(14)15/h3-4,9-10H,1-2H2. The second-order valence-electron chi connectivity index (χ2n) is 3.86. The van der Waals surface area contributed by atoms with Crippen molar-refractivity contribution in [2.75, 3.05) is 13.2 Å². The SMILES string of the molecule is FC(F)C(F)(F)C(Cl)c1cc2c(cc1Br)OCCO2. The maximum absolute atomic E-state index is 13.3. The highest BCUT2D eigenvalue weighted by Gasteiger charge is 2.49. The minimum atomic E-state index is -4.34. The molecule has 2 nitrogen and oxygen atoms in total. The Bertz CT molecular complexity index is 484. The normalized spacial score (nSPS) is 16.6. The number of halogens is 6. The maximum atomic E-state index is 13.3. The monoisotopic (exact) mass is 362 g/mol. The molecule has 0 aliphatic carbocycles. The van der Waals surface area contributed by atoms with Crippen LogP contribution in [0.15, 0.2) is 16.6 Å². The van der Waals surface area contributed by atoms with E-state index in [0.717, 1.165) is 0 Å². The highest BCUT2D eigenvalue weighted by Crippen LogP contribution is 2.46. The average Bonchev–Trinajstić information content (AvgIpc) is 2.36. The van der Waals surface area contributed by atoms with Gasteiger partial charge in [-0.15, -0.1) is 11.6 Å². The zero-order chi connectivity index (χ0) is 14.2. The molecule has 0 aromatic heterocycles. The van der Waals surface area contributed by atoms with E-state index in [1.165, 1.54) is 12.1 Å². The first kappa shape index (κ1) is 14.7. The van der Waals surface area contributed by atoms with Gasteiger partial charge in [-0.1, -0.05) is 15.9 Å². The minimum Gasteiger partial charge on any atom is -0.486 e. The van der Waals surface area contributed by atoms with Crippen molar-refractivity contribution in [3.63, 3.8) is 0 Å². The molecule has 1 aliphatic rings. The van der Waals surface area contributed by atoms with Crippen molar-refractivity contribution in [3.05, 3.63) is 22.2 Å². The van der Waals surface area contributed by atoms with Crippen LogP contribution in [0.5, 0.6) is 11.5 Å². The minimum absolute atomic E-state index is 0.164. The van der Waals surface area contributed by atoms with E-state index >= 15 is 0 Å². The summed E-state index contributed by atoms with van der Waals surface area (Å²) in [5.41, 5.74) is -0.170. The van der Waals surface area contributed by atoms with Crippen molar-refractivity contribution in [2.45, 2.75) is 17.7 Å². The second-order valence-corrected chi connectivity index (χ2v) is 5.15. The first-order valence-corrected chi connectivity index (χ1v) is 6.46. The molecular formula is C11H8BrClF4O2.